The normalized spacial score (nSPS) is 16.9. The summed E-state index contributed by atoms with van der Waals surface area (Å²) in [6.07, 6.45) is 1.61. The van der Waals surface area contributed by atoms with Gasteiger partial charge in [-0.2, -0.15) is 0 Å². The number of anilines is 1. The van der Waals surface area contributed by atoms with Gasteiger partial charge in [-0.3, -0.25) is 0 Å². The summed E-state index contributed by atoms with van der Waals surface area (Å²) in [6, 6.07) is 48.8. The molecule has 3 N–H and O–H groups in total. The van der Waals surface area contributed by atoms with Crippen molar-refractivity contribution in [1.82, 2.24) is 14.9 Å². The van der Waals surface area contributed by atoms with Crippen molar-refractivity contribution in [3.05, 3.63) is 180 Å². The highest BCUT2D eigenvalue weighted by atomic mass is 16.7. The second kappa shape index (κ2) is 16.2. The highest BCUT2D eigenvalue weighted by Crippen LogP contribution is 2.39. The number of urea groups is 1. The van der Waals surface area contributed by atoms with E-state index in [0.717, 1.165) is 50.2 Å². The number of aliphatic hydroxyl groups excluding tert-OH is 1. The van der Waals surface area contributed by atoms with Gasteiger partial charge in [0.25, 0.3) is 0 Å². The fourth-order valence-corrected chi connectivity index (χ4v) is 6.77. The number of rotatable bonds is 11. The Bertz CT molecular complexity index is 2310. The van der Waals surface area contributed by atoms with E-state index in [-0.39, 0.29) is 24.8 Å². The zero-order valence-corrected chi connectivity index (χ0v) is 29.5. The van der Waals surface area contributed by atoms with Crippen molar-refractivity contribution in [3.63, 3.8) is 0 Å². The molecule has 0 saturated carbocycles. The van der Waals surface area contributed by atoms with Crippen LogP contribution in [0.5, 0.6) is 11.5 Å². The second-order valence-electron chi connectivity index (χ2n) is 13.3. The summed E-state index contributed by atoms with van der Waals surface area (Å²) < 4.78 is 21.2. The Hall–Kier alpha value is -6.26. The molecule has 0 spiro atoms. The lowest BCUT2D eigenvalue weighted by Crippen LogP contribution is -2.32. The first kappa shape index (κ1) is 34.8. The average Bonchev–Trinajstić information content (AvgIpc) is 3.63. The lowest BCUT2D eigenvalue weighted by atomic mass is 9.97. The Morgan fingerprint density at radius 2 is 1.46 bits per heavy atom. The molecule has 3 atom stereocenters. The number of aromatic nitrogens is 2. The molecule has 6 aromatic carbocycles. The highest BCUT2D eigenvalue weighted by molar-refractivity contribution is 5.89. The number of nitrogens with one attached hydrogen (secondary N) is 2. The minimum Gasteiger partial charge on any atom is -0.457 e. The van der Waals surface area contributed by atoms with Crippen molar-refractivity contribution < 1.29 is 24.1 Å². The number of carbonyl (C=O) groups is 1. The largest absolute Gasteiger partial charge is 0.457 e. The number of hydrogen-bond donors (Lipinski definition) is 3. The SMILES string of the molecule is O=C(NCc1ccccc1-c1ccc(C2OC(Cn3cnc4ccccc43)CC(c3ccc(CO)cc3)O2)cc1)Nc1ccc(Oc2ccccc2)cc1. The van der Waals surface area contributed by atoms with Crippen LogP contribution in [0.25, 0.3) is 22.2 Å². The summed E-state index contributed by atoms with van der Waals surface area (Å²) in [6.45, 7) is 0.966. The van der Waals surface area contributed by atoms with Crippen LogP contribution in [-0.2, 0) is 29.2 Å². The van der Waals surface area contributed by atoms with Crippen LogP contribution in [0.1, 0.15) is 41.1 Å². The lowest BCUT2D eigenvalue weighted by molar-refractivity contribution is -0.252. The maximum absolute atomic E-state index is 12.9. The van der Waals surface area contributed by atoms with Gasteiger partial charge >= 0.3 is 6.03 Å². The van der Waals surface area contributed by atoms with Gasteiger partial charge in [-0.1, -0.05) is 103 Å². The molecule has 8 rings (SSSR count). The van der Waals surface area contributed by atoms with E-state index in [2.05, 4.69) is 44.5 Å². The smallest absolute Gasteiger partial charge is 0.319 e. The molecule has 0 bridgehead atoms. The topological polar surface area (TPSA) is 107 Å². The number of ether oxygens (including phenoxy) is 3. The third-order valence-electron chi connectivity index (χ3n) is 9.58. The van der Waals surface area contributed by atoms with E-state index >= 15 is 0 Å². The molecule has 54 heavy (non-hydrogen) atoms. The van der Waals surface area contributed by atoms with Crippen molar-refractivity contribution in [2.24, 2.45) is 0 Å². The molecule has 2 heterocycles. The molecule has 0 aliphatic carbocycles. The van der Waals surface area contributed by atoms with Crippen molar-refractivity contribution in [1.29, 1.82) is 0 Å². The number of para-hydroxylation sites is 3. The van der Waals surface area contributed by atoms with Crippen molar-refractivity contribution in [2.75, 3.05) is 5.32 Å². The van der Waals surface area contributed by atoms with E-state index in [1.807, 2.05) is 134 Å². The molecule has 3 unspecified atom stereocenters. The van der Waals surface area contributed by atoms with Gasteiger partial charge in [0.05, 0.1) is 42.7 Å². The van der Waals surface area contributed by atoms with E-state index < -0.39 is 6.29 Å². The van der Waals surface area contributed by atoms with Crippen molar-refractivity contribution in [2.45, 2.75) is 44.6 Å². The number of imidazole rings is 1. The van der Waals surface area contributed by atoms with Gasteiger partial charge in [-0.25, -0.2) is 9.78 Å². The van der Waals surface area contributed by atoms with E-state index in [1.54, 1.807) is 0 Å². The summed E-state index contributed by atoms with van der Waals surface area (Å²) in [5, 5.41) is 15.5. The first-order chi connectivity index (χ1) is 26.6. The Kier molecular flexibility index (Phi) is 10.4. The maximum Gasteiger partial charge on any atom is 0.319 e. The molecule has 2 amide bonds. The number of amides is 2. The Labute approximate surface area is 313 Å². The second-order valence-corrected chi connectivity index (χ2v) is 13.3. The quantitative estimate of drug-likeness (QED) is 0.123. The minimum atomic E-state index is -0.588. The molecule has 1 aliphatic rings. The Morgan fingerprint density at radius 1 is 0.759 bits per heavy atom. The summed E-state index contributed by atoms with van der Waals surface area (Å²) >= 11 is 0. The van der Waals surface area contributed by atoms with Gasteiger partial charge in [-0.05, 0) is 76.3 Å². The van der Waals surface area contributed by atoms with Crippen LogP contribution in [0.4, 0.5) is 10.5 Å². The maximum atomic E-state index is 12.9. The van der Waals surface area contributed by atoms with Gasteiger partial charge < -0.3 is 34.5 Å². The molecule has 1 fully saturated rings. The number of nitrogens with zero attached hydrogens (tertiary/aromatic N) is 2. The number of carbonyl (C=O) groups excluding carboxylic acids is 1. The first-order valence-electron chi connectivity index (χ1n) is 18.0. The summed E-state index contributed by atoms with van der Waals surface area (Å²) in [4.78, 5) is 17.5. The fourth-order valence-electron chi connectivity index (χ4n) is 6.77. The van der Waals surface area contributed by atoms with Gasteiger partial charge in [0.15, 0.2) is 6.29 Å². The molecule has 1 saturated heterocycles. The Morgan fingerprint density at radius 3 is 2.26 bits per heavy atom. The number of benzene rings is 6. The van der Waals surface area contributed by atoms with E-state index in [4.69, 9.17) is 14.2 Å². The predicted molar refractivity (Wildman–Crippen MR) is 209 cm³/mol. The van der Waals surface area contributed by atoms with E-state index in [0.29, 0.717) is 30.9 Å². The molecule has 1 aromatic heterocycles. The predicted octanol–water partition coefficient (Wildman–Crippen LogP) is 9.56. The first-order valence-corrected chi connectivity index (χ1v) is 18.0. The standard InChI is InChI=1S/C45H40N4O5/c50-29-31-14-16-33(17-15-31)43-26-39(28-49-30-47-41-12-6-7-13-42(41)49)53-44(54-43)34-20-18-32(19-21-34)40-11-5-4-8-35(40)27-46-45(51)48-36-22-24-38(25-23-36)52-37-9-2-1-3-10-37/h1-25,30,39,43-44,50H,26-29H2,(H2,46,48,51). The summed E-state index contributed by atoms with van der Waals surface area (Å²) in [5.74, 6) is 1.43. The van der Waals surface area contributed by atoms with Gasteiger partial charge in [0, 0.05) is 24.2 Å². The highest BCUT2D eigenvalue weighted by Gasteiger charge is 2.32. The van der Waals surface area contributed by atoms with Crippen LogP contribution in [-0.4, -0.2) is 26.8 Å². The summed E-state index contributed by atoms with van der Waals surface area (Å²) in [5.41, 5.74) is 8.49. The molecule has 9 heteroatoms. The average molecular weight is 717 g/mol. The molecular formula is C45H40N4O5. The van der Waals surface area contributed by atoms with Crippen LogP contribution >= 0.6 is 0 Å². The van der Waals surface area contributed by atoms with Crippen molar-refractivity contribution in [3.8, 4) is 22.6 Å². The number of hydrogen-bond acceptors (Lipinski definition) is 6. The molecule has 1 aliphatic heterocycles. The summed E-state index contributed by atoms with van der Waals surface area (Å²) in [7, 11) is 0. The number of aliphatic hydroxyl groups is 1. The van der Waals surface area contributed by atoms with Gasteiger partial charge in [0.1, 0.15) is 11.5 Å². The van der Waals surface area contributed by atoms with E-state index in [1.165, 1.54) is 0 Å². The zero-order valence-electron chi connectivity index (χ0n) is 29.5. The zero-order chi connectivity index (χ0) is 36.7. The van der Waals surface area contributed by atoms with Crippen LogP contribution in [0.3, 0.4) is 0 Å². The van der Waals surface area contributed by atoms with Crippen LogP contribution in [0, 0.1) is 0 Å². The third-order valence-corrected chi connectivity index (χ3v) is 9.58. The Balaban J connectivity index is 0.942. The molecule has 9 nitrogen and oxygen atoms in total. The molecular weight excluding hydrogens is 677 g/mol. The number of fused-ring (bicyclic) bond motifs is 1. The third kappa shape index (κ3) is 8.19. The lowest BCUT2D eigenvalue weighted by Gasteiger charge is -2.36. The fraction of sp³-hybridized carbons (Fsp3) is 0.156. The van der Waals surface area contributed by atoms with Crippen LogP contribution < -0.4 is 15.4 Å². The van der Waals surface area contributed by atoms with Crippen LogP contribution in [0.15, 0.2) is 158 Å². The van der Waals surface area contributed by atoms with E-state index in [9.17, 15) is 9.90 Å². The van der Waals surface area contributed by atoms with Gasteiger partial charge in [0.2, 0.25) is 0 Å². The molecule has 270 valence electrons. The monoisotopic (exact) mass is 716 g/mol. The molecule has 7 aromatic rings. The molecule has 0 radical (unpaired) electrons. The van der Waals surface area contributed by atoms with Gasteiger partial charge in [-0.15, -0.1) is 0 Å². The van der Waals surface area contributed by atoms with Crippen molar-refractivity contribution >= 4 is 22.8 Å². The van der Waals surface area contributed by atoms with Crippen LogP contribution in [0.2, 0.25) is 0 Å². The minimum absolute atomic E-state index is 0.00686.